The molecule has 0 spiro atoms. The average molecular weight is 270 g/mol. The van der Waals surface area contributed by atoms with Crippen molar-refractivity contribution >= 4 is 11.7 Å². The molecule has 2 amide bonds. The van der Waals surface area contributed by atoms with Crippen molar-refractivity contribution in [1.29, 1.82) is 0 Å². The van der Waals surface area contributed by atoms with Crippen molar-refractivity contribution in [1.82, 2.24) is 15.1 Å². The van der Waals surface area contributed by atoms with Crippen LogP contribution in [0.15, 0.2) is 30.5 Å². The molecule has 1 aromatic carbocycles. The second-order valence-corrected chi connectivity index (χ2v) is 5.66. The van der Waals surface area contributed by atoms with Crippen LogP contribution in [0.4, 0.5) is 10.5 Å². The van der Waals surface area contributed by atoms with Crippen molar-refractivity contribution in [3.8, 4) is 0 Å². The van der Waals surface area contributed by atoms with Crippen molar-refractivity contribution in [3.63, 3.8) is 0 Å². The van der Waals surface area contributed by atoms with Gasteiger partial charge in [0.1, 0.15) is 0 Å². The monoisotopic (exact) mass is 270 g/mol. The third-order valence-corrected chi connectivity index (χ3v) is 3.96. The van der Waals surface area contributed by atoms with Gasteiger partial charge in [-0.15, -0.1) is 0 Å². The molecule has 0 saturated heterocycles. The molecule has 2 heterocycles. The number of aromatic nitrogens is 2. The van der Waals surface area contributed by atoms with Gasteiger partial charge < -0.3 is 10.2 Å². The fourth-order valence-electron chi connectivity index (χ4n) is 2.69. The van der Waals surface area contributed by atoms with E-state index in [9.17, 15) is 4.79 Å². The van der Waals surface area contributed by atoms with Crippen LogP contribution >= 0.6 is 0 Å². The SMILES string of the molecule is Cc1ccccc1NC(=O)N1Cc2cn[nH]c2C1(C)C. The highest BCUT2D eigenvalue weighted by atomic mass is 16.2. The molecule has 20 heavy (non-hydrogen) atoms. The molecule has 0 atom stereocenters. The number of carbonyl (C=O) groups excluding carboxylic acids is 1. The number of amides is 2. The quantitative estimate of drug-likeness (QED) is 0.836. The third kappa shape index (κ3) is 1.86. The van der Waals surface area contributed by atoms with Gasteiger partial charge in [0.15, 0.2) is 0 Å². The van der Waals surface area contributed by atoms with Gasteiger partial charge in [0.05, 0.1) is 24.0 Å². The summed E-state index contributed by atoms with van der Waals surface area (Å²) >= 11 is 0. The molecule has 0 aliphatic carbocycles. The topological polar surface area (TPSA) is 61.0 Å². The molecule has 1 aromatic heterocycles. The molecule has 2 N–H and O–H groups in total. The molecule has 1 aliphatic rings. The van der Waals surface area contributed by atoms with Crippen LogP contribution in [-0.2, 0) is 12.1 Å². The number of H-pyrrole nitrogens is 1. The minimum Gasteiger partial charge on any atom is -0.309 e. The van der Waals surface area contributed by atoms with Crippen LogP contribution in [0.25, 0.3) is 0 Å². The van der Waals surface area contributed by atoms with E-state index in [1.807, 2.05) is 49.9 Å². The lowest BCUT2D eigenvalue weighted by molar-refractivity contribution is 0.155. The van der Waals surface area contributed by atoms with Gasteiger partial charge in [0, 0.05) is 11.3 Å². The van der Waals surface area contributed by atoms with E-state index in [2.05, 4.69) is 15.5 Å². The number of aromatic amines is 1. The molecular weight excluding hydrogens is 252 g/mol. The fraction of sp³-hybridized carbons (Fsp3) is 0.333. The van der Waals surface area contributed by atoms with Gasteiger partial charge in [-0.3, -0.25) is 5.10 Å². The van der Waals surface area contributed by atoms with E-state index in [1.165, 1.54) is 0 Å². The average Bonchev–Trinajstić information content (AvgIpc) is 2.95. The molecule has 1 aliphatic heterocycles. The number of nitrogens with one attached hydrogen (secondary N) is 2. The van der Waals surface area contributed by atoms with Gasteiger partial charge in [-0.25, -0.2) is 4.79 Å². The first-order valence-electron chi connectivity index (χ1n) is 6.67. The number of hydrogen-bond acceptors (Lipinski definition) is 2. The van der Waals surface area contributed by atoms with Gasteiger partial charge in [0.25, 0.3) is 0 Å². The molecule has 2 aromatic rings. The summed E-state index contributed by atoms with van der Waals surface area (Å²) in [6, 6.07) is 7.69. The van der Waals surface area contributed by atoms with Crippen molar-refractivity contribution < 1.29 is 4.79 Å². The number of fused-ring (bicyclic) bond motifs is 1. The summed E-state index contributed by atoms with van der Waals surface area (Å²) in [5.41, 5.74) is 3.62. The maximum atomic E-state index is 12.5. The number of anilines is 1. The summed E-state index contributed by atoms with van der Waals surface area (Å²) in [6.07, 6.45) is 1.79. The summed E-state index contributed by atoms with van der Waals surface area (Å²) < 4.78 is 0. The van der Waals surface area contributed by atoms with E-state index in [0.717, 1.165) is 22.5 Å². The Labute approximate surface area is 118 Å². The second kappa shape index (κ2) is 4.37. The Morgan fingerprint density at radius 3 is 2.85 bits per heavy atom. The highest BCUT2D eigenvalue weighted by Crippen LogP contribution is 2.37. The first-order chi connectivity index (χ1) is 9.50. The van der Waals surface area contributed by atoms with Crippen LogP contribution in [0.1, 0.15) is 30.7 Å². The largest absolute Gasteiger partial charge is 0.322 e. The summed E-state index contributed by atoms with van der Waals surface area (Å²) in [5.74, 6) is 0. The van der Waals surface area contributed by atoms with Crippen LogP contribution in [-0.4, -0.2) is 21.1 Å². The van der Waals surface area contributed by atoms with Crippen molar-refractivity contribution in [2.24, 2.45) is 0 Å². The Bertz CT molecular complexity index is 659. The number of carbonyl (C=O) groups is 1. The number of para-hydroxylation sites is 1. The standard InChI is InChI=1S/C15H18N4O/c1-10-6-4-5-7-12(10)17-14(20)19-9-11-8-16-18-13(11)15(19,2)3/h4-8H,9H2,1-3H3,(H,16,18)(H,17,20). The number of hydrogen-bond donors (Lipinski definition) is 2. The molecule has 0 bridgehead atoms. The van der Waals surface area contributed by atoms with E-state index in [1.54, 1.807) is 6.20 Å². The van der Waals surface area contributed by atoms with E-state index < -0.39 is 0 Å². The summed E-state index contributed by atoms with van der Waals surface area (Å²) in [7, 11) is 0. The highest BCUT2D eigenvalue weighted by molar-refractivity contribution is 5.91. The van der Waals surface area contributed by atoms with Crippen molar-refractivity contribution in [3.05, 3.63) is 47.3 Å². The molecule has 0 saturated carbocycles. The summed E-state index contributed by atoms with van der Waals surface area (Å²) in [4.78, 5) is 14.4. The molecule has 104 valence electrons. The highest BCUT2D eigenvalue weighted by Gasteiger charge is 2.41. The van der Waals surface area contributed by atoms with Gasteiger partial charge in [-0.1, -0.05) is 18.2 Å². The predicted molar refractivity (Wildman–Crippen MR) is 77.4 cm³/mol. The number of benzene rings is 1. The lowest BCUT2D eigenvalue weighted by Gasteiger charge is -2.32. The van der Waals surface area contributed by atoms with Gasteiger partial charge >= 0.3 is 6.03 Å². The molecule has 0 radical (unpaired) electrons. The Morgan fingerprint density at radius 2 is 2.15 bits per heavy atom. The van der Waals surface area contributed by atoms with E-state index in [-0.39, 0.29) is 11.6 Å². The Morgan fingerprint density at radius 1 is 1.40 bits per heavy atom. The van der Waals surface area contributed by atoms with Crippen LogP contribution in [0.2, 0.25) is 0 Å². The summed E-state index contributed by atoms with van der Waals surface area (Å²) in [5, 5.41) is 10.0. The zero-order valence-corrected chi connectivity index (χ0v) is 11.9. The maximum Gasteiger partial charge on any atom is 0.322 e. The Kier molecular flexibility index (Phi) is 2.78. The van der Waals surface area contributed by atoms with Crippen LogP contribution in [0.5, 0.6) is 0 Å². The van der Waals surface area contributed by atoms with Crippen LogP contribution in [0.3, 0.4) is 0 Å². The minimum atomic E-state index is -0.376. The number of urea groups is 1. The smallest absolute Gasteiger partial charge is 0.309 e. The van der Waals surface area contributed by atoms with Gasteiger partial charge in [-0.05, 0) is 32.4 Å². The number of rotatable bonds is 1. The zero-order chi connectivity index (χ0) is 14.3. The molecular formula is C15H18N4O. The predicted octanol–water partition coefficient (Wildman–Crippen LogP) is 3.00. The van der Waals surface area contributed by atoms with Gasteiger partial charge in [-0.2, -0.15) is 5.10 Å². The van der Waals surface area contributed by atoms with Gasteiger partial charge in [0.2, 0.25) is 0 Å². The summed E-state index contributed by atoms with van der Waals surface area (Å²) in [6.45, 7) is 6.61. The lowest BCUT2D eigenvalue weighted by atomic mass is 10.0. The number of nitrogens with zero attached hydrogens (tertiary/aromatic N) is 2. The first-order valence-corrected chi connectivity index (χ1v) is 6.67. The van der Waals surface area contributed by atoms with E-state index in [0.29, 0.717) is 6.54 Å². The molecule has 5 nitrogen and oxygen atoms in total. The van der Waals surface area contributed by atoms with Crippen molar-refractivity contribution in [2.75, 3.05) is 5.32 Å². The van der Waals surface area contributed by atoms with E-state index >= 15 is 0 Å². The second-order valence-electron chi connectivity index (χ2n) is 5.66. The molecule has 0 unspecified atom stereocenters. The fourth-order valence-corrected chi connectivity index (χ4v) is 2.69. The van der Waals surface area contributed by atoms with Crippen molar-refractivity contribution in [2.45, 2.75) is 32.9 Å². The minimum absolute atomic E-state index is 0.0890. The Hall–Kier alpha value is -2.30. The zero-order valence-electron chi connectivity index (χ0n) is 11.9. The lowest BCUT2D eigenvalue weighted by Crippen LogP contribution is -2.43. The first kappa shape index (κ1) is 12.7. The van der Waals surface area contributed by atoms with E-state index in [4.69, 9.17) is 0 Å². The van der Waals surface area contributed by atoms with Crippen LogP contribution in [0, 0.1) is 6.92 Å². The van der Waals surface area contributed by atoms with Crippen LogP contribution < -0.4 is 5.32 Å². The third-order valence-electron chi connectivity index (χ3n) is 3.96. The molecule has 0 fully saturated rings. The normalized spacial score (nSPS) is 16.1. The maximum absolute atomic E-state index is 12.5. The molecule has 5 heteroatoms. The molecule has 3 rings (SSSR count). The number of aryl methyl sites for hydroxylation is 1. The Balaban J connectivity index is 1.83.